The Bertz CT molecular complexity index is 1060. The Morgan fingerprint density at radius 2 is 2.16 bits per heavy atom. The fourth-order valence-electron chi connectivity index (χ4n) is 2.25. The molecular formula is C16H12BrN3O3S2. The molecule has 0 aliphatic heterocycles. The van der Waals surface area contributed by atoms with Crippen molar-refractivity contribution in [2.24, 2.45) is 4.99 Å². The van der Waals surface area contributed by atoms with E-state index in [-0.39, 0.29) is 5.00 Å². The van der Waals surface area contributed by atoms with E-state index in [4.69, 9.17) is 0 Å². The van der Waals surface area contributed by atoms with E-state index in [1.807, 2.05) is 29.7 Å². The number of rotatable bonds is 4. The molecule has 0 unspecified atom stereocenters. The first kappa shape index (κ1) is 17.7. The second-order valence-corrected chi connectivity index (χ2v) is 7.98. The number of hydrogen-bond donors (Lipinski definition) is 0. The Labute approximate surface area is 159 Å². The molecule has 128 valence electrons. The van der Waals surface area contributed by atoms with Gasteiger partial charge in [-0.25, -0.2) is 0 Å². The molecule has 2 aromatic heterocycles. The van der Waals surface area contributed by atoms with Crippen molar-refractivity contribution in [3.05, 3.63) is 60.7 Å². The maximum absolute atomic E-state index is 12.1. The SMILES string of the molecule is CCn1c(=NC(=O)/C=C/c2ccc([N+](=O)[O-])s2)sc2cc(Br)ccc21. The second-order valence-electron chi connectivity index (χ2n) is 4.96. The number of carbonyl (C=O) groups is 1. The minimum atomic E-state index is -0.451. The number of thiophene rings is 1. The fraction of sp³-hybridized carbons (Fsp3) is 0.125. The first-order chi connectivity index (χ1) is 12.0. The van der Waals surface area contributed by atoms with Crippen molar-refractivity contribution in [2.75, 3.05) is 0 Å². The maximum atomic E-state index is 12.1. The zero-order valence-corrected chi connectivity index (χ0v) is 16.2. The van der Waals surface area contributed by atoms with Crippen LogP contribution in [0.15, 0.2) is 45.9 Å². The number of aryl methyl sites for hydroxylation is 1. The highest BCUT2D eigenvalue weighted by Gasteiger charge is 2.09. The van der Waals surface area contributed by atoms with Crippen molar-refractivity contribution < 1.29 is 9.72 Å². The van der Waals surface area contributed by atoms with Gasteiger partial charge in [0.2, 0.25) is 0 Å². The standard InChI is InChI=1S/C16H12BrN3O3S2/c1-2-19-12-6-3-10(17)9-13(12)25-16(19)18-14(21)7-4-11-5-8-15(24-11)20(22)23/h3-9H,2H2,1H3/b7-4+,18-16?. The molecule has 0 bridgehead atoms. The Morgan fingerprint density at radius 1 is 1.36 bits per heavy atom. The van der Waals surface area contributed by atoms with Crippen LogP contribution in [0.3, 0.4) is 0 Å². The number of aromatic nitrogens is 1. The number of halogens is 1. The number of thiazole rings is 1. The quantitative estimate of drug-likeness (QED) is 0.340. The summed E-state index contributed by atoms with van der Waals surface area (Å²) in [6.45, 7) is 2.70. The van der Waals surface area contributed by atoms with E-state index in [1.165, 1.54) is 23.5 Å². The van der Waals surface area contributed by atoms with Crippen LogP contribution in [-0.2, 0) is 11.3 Å². The number of hydrogen-bond acceptors (Lipinski definition) is 5. The summed E-state index contributed by atoms with van der Waals surface area (Å²) < 4.78 is 4.00. The minimum absolute atomic E-state index is 0.0444. The molecule has 1 aromatic carbocycles. The van der Waals surface area contributed by atoms with Gasteiger partial charge in [-0.2, -0.15) is 4.99 Å². The summed E-state index contributed by atoms with van der Waals surface area (Å²) in [6.07, 6.45) is 2.87. The molecule has 2 heterocycles. The molecule has 25 heavy (non-hydrogen) atoms. The monoisotopic (exact) mass is 437 g/mol. The highest BCUT2D eigenvalue weighted by molar-refractivity contribution is 9.10. The van der Waals surface area contributed by atoms with Crippen LogP contribution in [0, 0.1) is 10.1 Å². The normalized spacial score (nSPS) is 12.3. The van der Waals surface area contributed by atoms with E-state index in [0.29, 0.717) is 16.2 Å². The summed E-state index contributed by atoms with van der Waals surface area (Å²) in [5.41, 5.74) is 1.03. The number of carbonyl (C=O) groups excluding carboxylic acids is 1. The molecule has 0 aliphatic carbocycles. The van der Waals surface area contributed by atoms with Gasteiger partial charge in [0.25, 0.3) is 5.91 Å². The molecule has 1 amide bonds. The smallest absolute Gasteiger partial charge is 0.317 e. The molecule has 3 aromatic rings. The van der Waals surface area contributed by atoms with Gasteiger partial charge >= 0.3 is 5.00 Å². The van der Waals surface area contributed by atoms with Crippen LogP contribution in [0.1, 0.15) is 11.8 Å². The number of benzene rings is 1. The average Bonchev–Trinajstić information content (AvgIpc) is 3.16. The van der Waals surface area contributed by atoms with E-state index in [0.717, 1.165) is 26.0 Å². The highest BCUT2D eigenvalue weighted by atomic mass is 79.9. The van der Waals surface area contributed by atoms with Crippen molar-refractivity contribution in [3.8, 4) is 0 Å². The van der Waals surface area contributed by atoms with Crippen LogP contribution in [-0.4, -0.2) is 15.4 Å². The molecule has 0 saturated carbocycles. The zero-order chi connectivity index (χ0) is 18.0. The molecule has 0 spiro atoms. The molecule has 0 radical (unpaired) electrons. The van der Waals surface area contributed by atoms with Crippen LogP contribution in [0.4, 0.5) is 5.00 Å². The highest BCUT2D eigenvalue weighted by Crippen LogP contribution is 2.25. The summed E-state index contributed by atoms with van der Waals surface area (Å²) >= 11 is 5.90. The summed E-state index contributed by atoms with van der Waals surface area (Å²) in [6, 6.07) is 8.97. The van der Waals surface area contributed by atoms with Crippen LogP contribution in [0.5, 0.6) is 0 Å². The van der Waals surface area contributed by atoms with Gasteiger partial charge in [0.1, 0.15) is 0 Å². The average molecular weight is 438 g/mol. The van der Waals surface area contributed by atoms with Crippen molar-refractivity contribution in [2.45, 2.75) is 13.5 Å². The Balaban J connectivity index is 1.91. The number of nitro groups is 1. The molecule has 0 aliphatic rings. The van der Waals surface area contributed by atoms with Crippen LogP contribution in [0.25, 0.3) is 16.3 Å². The molecule has 0 N–H and O–H groups in total. The van der Waals surface area contributed by atoms with Crippen molar-refractivity contribution in [1.29, 1.82) is 0 Å². The van der Waals surface area contributed by atoms with Gasteiger partial charge in [0, 0.05) is 28.0 Å². The van der Waals surface area contributed by atoms with E-state index in [9.17, 15) is 14.9 Å². The lowest BCUT2D eigenvalue weighted by Gasteiger charge is -1.99. The fourth-order valence-corrected chi connectivity index (χ4v) is 4.63. The lowest BCUT2D eigenvalue weighted by atomic mass is 10.3. The second kappa shape index (κ2) is 7.42. The van der Waals surface area contributed by atoms with E-state index < -0.39 is 10.8 Å². The van der Waals surface area contributed by atoms with Gasteiger partial charge in [-0.3, -0.25) is 14.9 Å². The number of fused-ring (bicyclic) bond motifs is 1. The van der Waals surface area contributed by atoms with Gasteiger partial charge < -0.3 is 4.57 Å². The number of nitrogens with zero attached hydrogens (tertiary/aromatic N) is 3. The first-order valence-corrected chi connectivity index (χ1v) is 9.70. The summed E-state index contributed by atoms with van der Waals surface area (Å²) in [4.78, 5) is 27.8. The maximum Gasteiger partial charge on any atom is 0.324 e. The first-order valence-electron chi connectivity index (χ1n) is 7.28. The zero-order valence-electron chi connectivity index (χ0n) is 13.0. The molecular weight excluding hydrogens is 426 g/mol. The third-order valence-electron chi connectivity index (χ3n) is 3.35. The summed E-state index contributed by atoms with van der Waals surface area (Å²) in [5.74, 6) is -0.399. The van der Waals surface area contributed by atoms with Gasteiger partial charge in [0.05, 0.1) is 15.1 Å². The van der Waals surface area contributed by atoms with E-state index >= 15 is 0 Å². The van der Waals surface area contributed by atoms with Crippen LogP contribution < -0.4 is 4.80 Å². The predicted octanol–water partition coefficient (Wildman–Crippen LogP) is 4.60. The summed E-state index contributed by atoms with van der Waals surface area (Å²) in [5, 5.41) is 10.7. The molecule has 6 nitrogen and oxygen atoms in total. The molecule has 0 atom stereocenters. The van der Waals surface area contributed by atoms with Crippen molar-refractivity contribution in [1.82, 2.24) is 4.57 Å². The number of amides is 1. The van der Waals surface area contributed by atoms with Gasteiger partial charge in [-0.1, -0.05) is 38.6 Å². The summed E-state index contributed by atoms with van der Waals surface area (Å²) in [7, 11) is 0. The largest absolute Gasteiger partial charge is 0.324 e. The van der Waals surface area contributed by atoms with Gasteiger partial charge in [-0.15, -0.1) is 0 Å². The van der Waals surface area contributed by atoms with Crippen LogP contribution in [0.2, 0.25) is 0 Å². The van der Waals surface area contributed by atoms with Crippen LogP contribution >= 0.6 is 38.6 Å². The van der Waals surface area contributed by atoms with Gasteiger partial charge in [0.15, 0.2) is 4.80 Å². The van der Waals surface area contributed by atoms with Gasteiger partial charge in [-0.05, 0) is 37.3 Å². The minimum Gasteiger partial charge on any atom is -0.317 e. The Morgan fingerprint density at radius 3 is 2.84 bits per heavy atom. The third-order valence-corrected chi connectivity index (χ3v) is 5.89. The third kappa shape index (κ3) is 3.94. The molecule has 0 fully saturated rings. The lowest BCUT2D eigenvalue weighted by molar-refractivity contribution is -0.380. The topological polar surface area (TPSA) is 77.5 Å². The lowest BCUT2D eigenvalue weighted by Crippen LogP contribution is -2.15. The van der Waals surface area contributed by atoms with E-state index in [1.54, 1.807) is 12.1 Å². The Hall–Kier alpha value is -2.10. The van der Waals surface area contributed by atoms with E-state index in [2.05, 4.69) is 20.9 Å². The van der Waals surface area contributed by atoms with Crippen molar-refractivity contribution >= 4 is 65.8 Å². The Kier molecular flexibility index (Phi) is 5.26. The molecule has 3 rings (SSSR count). The molecule has 0 saturated heterocycles. The molecule has 9 heteroatoms. The predicted molar refractivity (Wildman–Crippen MR) is 104 cm³/mol. The van der Waals surface area contributed by atoms with Crippen molar-refractivity contribution in [3.63, 3.8) is 0 Å².